The molecule has 0 aliphatic heterocycles. The molecule has 0 saturated carbocycles. The number of nitrogens with one attached hydrogen (secondary N) is 1. The van der Waals surface area contributed by atoms with Crippen LogP contribution in [0.5, 0.6) is 0 Å². The van der Waals surface area contributed by atoms with Gasteiger partial charge in [-0.2, -0.15) is 0 Å². The zero-order chi connectivity index (χ0) is 21.6. The van der Waals surface area contributed by atoms with Gasteiger partial charge in [0, 0.05) is 45.4 Å². The highest BCUT2D eigenvalue weighted by Crippen LogP contribution is 2.28. The highest BCUT2D eigenvalue weighted by Gasteiger charge is 2.21. The first-order valence-corrected chi connectivity index (χ1v) is 10.1. The predicted molar refractivity (Wildman–Crippen MR) is 120 cm³/mol. The van der Waals surface area contributed by atoms with Crippen molar-refractivity contribution in [2.24, 2.45) is 5.92 Å². The molecule has 0 aliphatic rings. The molecule has 2 amide bonds. The van der Waals surface area contributed by atoms with Crippen LogP contribution in [0.1, 0.15) is 51.3 Å². The van der Waals surface area contributed by atoms with Crippen LogP contribution in [-0.4, -0.2) is 30.8 Å². The molecule has 2 aromatic carbocycles. The second-order valence-electron chi connectivity index (χ2n) is 8.12. The first-order valence-electron chi connectivity index (χ1n) is 10.1. The van der Waals surface area contributed by atoms with Crippen molar-refractivity contribution >= 4 is 23.2 Å². The highest BCUT2D eigenvalue weighted by molar-refractivity contribution is 5.91. The number of carbonyl (C=O) groups excluding carboxylic acids is 2. The summed E-state index contributed by atoms with van der Waals surface area (Å²) in [7, 11) is 3.96. The minimum atomic E-state index is -0.0529. The van der Waals surface area contributed by atoms with Crippen molar-refractivity contribution < 1.29 is 9.59 Å². The van der Waals surface area contributed by atoms with Crippen LogP contribution in [0.4, 0.5) is 11.4 Å². The monoisotopic (exact) mass is 395 g/mol. The summed E-state index contributed by atoms with van der Waals surface area (Å²) in [5.41, 5.74) is 3.87. The largest absolute Gasteiger partial charge is 0.377 e. The molecule has 0 radical (unpaired) electrons. The summed E-state index contributed by atoms with van der Waals surface area (Å²) < 4.78 is 0. The van der Waals surface area contributed by atoms with Gasteiger partial charge in [-0.05, 0) is 42.2 Å². The first-order chi connectivity index (χ1) is 13.7. The Hall–Kier alpha value is -2.82. The lowest BCUT2D eigenvalue weighted by molar-refractivity contribution is -0.131. The lowest BCUT2D eigenvalue weighted by Gasteiger charge is -2.30. The Labute approximate surface area is 174 Å². The highest BCUT2D eigenvalue weighted by atomic mass is 16.2. The van der Waals surface area contributed by atoms with Crippen molar-refractivity contribution in [3.05, 3.63) is 59.7 Å². The lowest BCUT2D eigenvalue weighted by atomic mass is 10.0. The van der Waals surface area contributed by atoms with Crippen LogP contribution in [0.25, 0.3) is 0 Å². The van der Waals surface area contributed by atoms with Gasteiger partial charge < -0.3 is 15.1 Å². The Morgan fingerprint density at radius 2 is 1.66 bits per heavy atom. The molecule has 1 N–H and O–H groups in total. The molecule has 156 valence electrons. The van der Waals surface area contributed by atoms with Gasteiger partial charge in [0.05, 0.1) is 6.04 Å². The van der Waals surface area contributed by atoms with E-state index in [9.17, 15) is 9.59 Å². The molecular weight excluding hydrogens is 362 g/mol. The van der Waals surface area contributed by atoms with Crippen molar-refractivity contribution in [2.45, 2.75) is 46.7 Å². The van der Waals surface area contributed by atoms with Gasteiger partial charge in [0.25, 0.3) is 0 Å². The fraction of sp³-hybridized carbons (Fsp3) is 0.417. The average Bonchev–Trinajstić information content (AvgIpc) is 2.65. The molecule has 5 nitrogen and oxygen atoms in total. The van der Waals surface area contributed by atoms with Gasteiger partial charge in [-0.25, -0.2) is 0 Å². The van der Waals surface area contributed by atoms with Gasteiger partial charge in [0.15, 0.2) is 0 Å². The van der Waals surface area contributed by atoms with Crippen molar-refractivity contribution in [3.63, 3.8) is 0 Å². The smallest absolute Gasteiger partial charge is 0.224 e. The van der Waals surface area contributed by atoms with E-state index in [1.807, 2.05) is 93.2 Å². The fourth-order valence-corrected chi connectivity index (χ4v) is 3.42. The summed E-state index contributed by atoms with van der Waals surface area (Å²) in [6, 6.07) is 15.8. The van der Waals surface area contributed by atoms with E-state index in [0.29, 0.717) is 18.9 Å². The number of benzene rings is 2. The molecule has 0 bridgehead atoms. The van der Waals surface area contributed by atoms with Crippen LogP contribution < -0.4 is 10.2 Å². The standard InChI is InChI=1S/C24H33N3O2/c1-17(2)14-24(29)25-22-12-13-23(26(5)6)21(15-22)16-27(19(4)28)18(3)20-10-8-7-9-11-20/h7-13,15,17-18H,14,16H2,1-6H3,(H,25,29). The number of carbonyl (C=O) groups is 2. The second-order valence-corrected chi connectivity index (χ2v) is 8.12. The van der Waals surface area contributed by atoms with Gasteiger partial charge in [0.1, 0.15) is 0 Å². The summed E-state index contributed by atoms with van der Waals surface area (Å²) in [4.78, 5) is 28.5. The third kappa shape index (κ3) is 6.34. The molecule has 1 atom stereocenters. The van der Waals surface area contributed by atoms with E-state index >= 15 is 0 Å². The van der Waals surface area contributed by atoms with E-state index in [0.717, 1.165) is 22.5 Å². The maximum atomic E-state index is 12.5. The zero-order valence-corrected chi connectivity index (χ0v) is 18.4. The average molecular weight is 396 g/mol. The Bertz CT molecular complexity index is 831. The molecule has 0 fully saturated rings. The van der Waals surface area contributed by atoms with Crippen LogP contribution in [-0.2, 0) is 16.1 Å². The number of hydrogen-bond donors (Lipinski definition) is 1. The van der Waals surface area contributed by atoms with Crippen LogP contribution in [0.15, 0.2) is 48.5 Å². The molecule has 0 saturated heterocycles. The molecule has 0 aliphatic carbocycles. The first kappa shape index (κ1) is 22.5. The van der Waals surface area contributed by atoms with Crippen LogP contribution in [0.3, 0.4) is 0 Å². The molecule has 29 heavy (non-hydrogen) atoms. The summed E-state index contributed by atoms with van der Waals surface area (Å²) >= 11 is 0. The van der Waals surface area contributed by atoms with Gasteiger partial charge in [-0.15, -0.1) is 0 Å². The summed E-state index contributed by atoms with van der Waals surface area (Å²) in [6.07, 6.45) is 0.482. The van der Waals surface area contributed by atoms with Crippen LogP contribution in [0.2, 0.25) is 0 Å². The Kier molecular flexibility index (Phi) is 7.82. The van der Waals surface area contributed by atoms with Crippen molar-refractivity contribution in [2.75, 3.05) is 24.3 Å². The number of hydrogen-bond acceptors (Lipinski definition) is 3. The Balaban J connectivity index is 2.32. The quantitative estimate of drug-likeness (QED) is 0.695. The number of nitrogens with zero attached hydrogens (tertiary/aromatic N) is 2. The number of rotatable bonds is 8. The maximum Gasteiger partial charge on any atom is 0.224 e. The van der Waals surface area contributed by atoms with Gasteiger partial charge in [-0.1, -0.05) is 44.2 Å². The van der Waals surface area contributed by atoms with E-state index in [2.05, 4.69) is 5.32 Å². The van der Waals surface area contributed by atoms with Crippen LogP contribution >= 0.6 is 0 Å². The minimum Gasteiger partial charge on any atom is -0.377 e. The molecule has 0 spiro atoms. The number of anilines is 2. The van der Waals surface area contributed by atoms with E-state index in [1.165, 1.54) is 0 Å². The molecule has 2 aromatic rings. The van der Waals surface area contributed by atoms with E-state index in [4.69, 9.17) is 0 Å². The molecule has 0 heterocycles. The van der Waals surface area contributed by atoms with Crippen molar-refractivity contribution in [1.82, 2.24) is 4.90 Å². The summed E-state index contributed by atoms with van der Waals surface area (Å²) in [5, 5.41) is 2.98. The Morgan fingerprint density at radius 1 is 1.00 bits per heavy atom. The molecule has 5 heteroatoms. The summed E-state index contributed by atoms with van der Waals surface area (Å²) in [6.45, 7) is 8.15. The summed E-state index contributed by atoms with van der Waals surface area (Å²) in [5.74, 6) is 0.320. The topological polar surface area (TPSA) is 52.7 Å². The fourth-order valence-electron chi connectivity index (χ4n) is 3.42. The van der Waals surface area contributed by atoms with Crippen LogP contribution in [0, 0.1) is 5.92 Å². The second kappa shape index (κ2) is 10.1. The predicted octanol–water partition coefficient (Wildman–Crippen LogP) is 4.85. The van der Waals surface area contributed by atoms with Crippen molar-refractivity contribution in [3.8, 4) is 0 Å². The zero-order valence-electron chi connectivity index (χ0n) is 18.4. The third-order valence-corrected chi connectivity index (χ3v) is 4.93. The normalized spacial score (nSPS) is 11.8. The molecular formula is C24H33N3O2. The van der Waals surface area contributed by atoms with E-state index < -0.39 is 0 Å². The third-order valence-electron chi connectivity index (χ3n) is 4.93. The van der Waals surface area contributed by atoms with Gasteiger partial charge >= 0.3 is 0 Å². The van der Waals surface area contributed by atoms with E-state index in [-0.39, 0.29) is 17.9 Å². The van der Waals surface area contributed by atoms with Crippen molar-refractivity contribution in [1.29, 1.82) is 0 Å². The molecule has 2 rings (SSSR count). The molecule has 0 aromatic heterocycles. The maximum absolute atomic E-state index is 12.5. The SMILES string of the molecule is CC(=O)N(Cc1cc(NC(=O)CC(C)C)ccc1N(C)C)C(C)c1ccccc1. The van der Waals surface area contributed by atoms with Gasteiger partial charge in [0.2, 0.25) is 11.8 Å². The minimum absolute atomic E-state index is 0.00429. The van der Waals surface area contributed by atoms with E-state index in [1.54, 1.807) is 6.92 Å². The lowest BCUT2D eigenvalue weighted by Crippen LogP contribution is -2.31. The molecule has 1 unspecified atom stereocenters. The Morgan fingerprint density at radius 3 is 2.21 bits per heavy atom. The van der Waals surface area contributed by atoms with Gasteiger partial charge in [-0.3, -0.25) is 9.59 Å². The number of amides is 2.